The highest BCUT2D eigenvalue weighted by atomic mass is 16.7. The monoisotopic (exact) mass is 538 g/mol. The molecular weight excluding hydrogens is 512 g/mol. The van der Waals surface area contributed by atoms with Crippen molar-refractivity contribution in [2.24, 2.45) is 0 Å². The fraction of sp³-hybridized carbons (Fsp3) is 0.286. The third-order valence-corrected chi connectivity index (χ3v) is 6.55. The SMILES string of the molecule is O=C(OC[C@H]1O[C@@H](Oc2cc(O)c3c(c2)OC(c2ccc(O)cc2)CC3=O)[C@H](O)[C@@H](O)[C@@H]1O)c1ccccc1. The molecule has 5 N–H and O–H groups in total. The van der Waals surface area contributed by atoms with Gasteiger partial charge < -0.3 is 44.5 Å². The number of phenols is 2. The lowest BCUT2D eigenvalue weighted by atomic mass is 9.95. The summed E-state index contributed by atoms with van der Waals surface area (Å²) in [4.78, 5) is 25.0. The van der Waals surface area contributed by atoms with Gasteiger partial charge in [0, 0.05) is 12.1 Å². The molecule has 2 heterocycles. The Labute approximate surface area is 222 Å². The minimum atomic E-state index is -1.70. The quantitative estimate of drug-likeness (QED) is 0.290. The number of hydrogen-bond acceptors (Lipinski definition) is 11. The molecule has 0 aromatic heterocycles. The van der Waals surface area contributed by atoms with Gasteiger partial charge in [0.2, 0.25) is 6.29 Å². The van der Waals surface area contributed by atoms with E-state index in [9.17, 15) is 35.1 Å². The first-order chi connectivity index (χ1) is 18.7. The summed E-state index contributed by atoms with van der Waals surface area (Å²) in [5.74, 6) is -1.44. The molecule has 5 rings (SSSR count). The van der Waals surface area contributed by atoms with Gasteiger partial charge in [-0.2, -0.15) is 0 Å². The van der Waals surface area contributed by atoms with E-state index in [0.29, 0.717) is 5.56 Å². The Bertz CT molecular complexity index is 1340. The van der Waals surface area contributed by atoms with Crippen LogP contribution >= 0.6 is 0 Å². The molecule has 2 aliphatic rings. The van der Waals surface area contributed by atoms with Crippen LogP contribution in [-0.2, 0) is 9.47 Å². The second-order valence-electron chi connectivity index (χ2n) is 9.24. The van der Waals surface area contributed by atoms with Crippen molar-refractivity contribution in [3.05, 3.63) is 83.4 Å². The lowest BCUT2D eigenvalue weighted by Gasteiger charge is -2.40. The molecule has 3 aromatic rings. The Morgan fingerprint density at radius 3 is 2.36 bits per heavy atom. The van der Waals surface area contributed by atoms with Gasteiger partial charge in [-0.3, -0.25) is 4.79 Å². The molecule has 1 unspecified atom stereocenters. The number of fused-ring (bicyclic) bond motifs is 1. The molecule has 0 spiro atoms. The van der Waals surface area contributed by atoms with Crippen molar-refractivity contribution >= 4 is 11.8 Å². The Morgan fingerprint density at radius 1 is 0.923 bits per heavy atom. The number of ether oxygens (including phenoxy) is 4. The second-order valence-corrected chi connectivity index (χ2v) is 9.24. The maximum Gasteiger partial charge on any atom is 0.338 e. The molecule has 0 aliphatic carbocycles. The molecule has 0 saturated carbocycles. The van der Waals surface area contributed by atoms with Crippen LogP contribution in [0.1, 0.15) is 38.8 Å². The number of benzene rings is 3. The normalized spacial score (nSPS) is 26.3. The van der Waals surface area contributed by atoms with Crippen LogP contribution in [0.3, 0.4) is 0 Å². The van der Waals surface area contributed by atoms with Crippen molar-refractivity contribution in [1.29, 1.82) is 0 Å². The molecule has 1 saturated heterocycles. The summed E-state index contributed by atoms with van der Waals surface area (Å²) in [6, 6.07) is 16.8. The third kappa shape index (κ3) is 5.52. The first-order valence-corrected chi connectivity index (χ1v) is 12.2. The minimum absolute atomic E-state index is 0.0264. The van der Waals surface area contributed by atoms with E-state index >= 15 is 0 Å². The van der Waals surface area contributed by atoms with Crippen LogP contribution < -0.4 is 9.47 Å². The summed E-state index contributed by atoms with van der Waals surface area (Å²) in [7, 11) is 0. The number of aliphatic hydroxyl groups is 3. The number of aliphatic hydroxyl groups excluding tert-OH is 3. The average molecular weight is 539 g/mol. The van der Waals surface area contributed by atoms with E-state index in [0.717, 1.165) is 6.07 Å². The molecule has 1 fully saturated rings. The summed E-state index contributed by atoms with van der Waals surface area (Å²) in [6.45, 7) is -0.445. The molecule has 0 bridgehead atoms. The molecule has 0 amide bonds. The Morgan fingerprint density at radius 2 is 1.64 bits per heavy atom. The standard InChI is InChI=1S/C28H26O11/c29-16-8-6-14(7-9-16)20-12-19(31)23-18(30)10-17(11-21(23)38-20)37-28-26(34)25(33)24(32)22(39-28)13-36-27(35)15-4-2-1-3-5-15/h1-11,20,22,24-26,28-30,32-34H,12-13H2/t20?,22-,24-,25+,26-,28-/m1/s1. The van der Waals surface area contributed by atoms with Crippen molar-refractivity contribution in [2.45, 2.75) is 43.2 Å². The number of carbonyl (C=O) groups is 2. The summed E-state index contributed by atoms with van der Waals surface area (Å²) >= 11 is 0. The van der Waals surface area contributed by atoms with Gasteiger partial charge in [-0.05, 0) is 29.8 Å². The number of carbonyl (C=O) groups excluding carboxylic acids is 2. The number of phenolic OH excluding ortho intramolecular Hbond substituents is 2. The van der Waals surface area contributed by atoms with E-state index < -0.39 is 55.1 Å². The van der Waals surface area contributed by atoms with Gasteiger partial charge >= 0.3 is 5.97 Å². The lowest BCUT2D eigenvalue weighted by Crippen LogP contribution is -2.60. The van der Waals surface area contributed by atoms with Crippen LogP contribution in [0.5, 0.6) is 23.0 Å². The summed E-state index contributed by atoms with van der Waals surface area (Å²) in [6.07, 6.45) is -8.50. The van der Waals surface area contributed by atoms with Crippen LogP contribution in [0, 0.1) is 0 Å². The number of ketones is 1. The van der Waals surface area contributed by atoms with Crippen LogP contribution in [0.4, 0.5) is 0 Å². The van der Waals surface area contributed by atoms with Gasteiger partial charge in [0.05, 0.1) is 12.0 Å². The Kier molecular flexibility index (Phi) is 7.40. The smallest absolute Gasteiger partial charge is 0.338 e. The summed E-state index contributed by atoms with van der Waals surface area (Å²) < 4.78 is 22.4. The van der Waals surface area contributed by atoms with Crippen molar-refractivity contribution in [2.75, 3.05) is 6.61 Å². The maximum atomic E-state index is 12.8. The fourth-order valence-corrected chi connectivity index (χ4v) is 4.46. The average Bonchev–Trinajstić information content (AvgIpc) is 2.93. The van der Waals surface area contributed by atoms with E-state index in [-0.39, 0.29) is 40.6 Å². The van der Waals surface area contributed by atoms with E-state index in [1.807, 2.05) is 0 Å². The number of hydrogen-bond donors (Lipinski definition) is 5. The zero-order valence-corrected chi connectivity index (χ0v) is 20.4. The third-order valence-electron chi connectivity index (χ3n) is 6.55. The number of rotatable bonds is 6. The van der Waals surface area contributed by atoms with Gasteiger partial charge in [-0.1, -0.05) is 30.3 Å². The van der Waals surface area contributed by atoms with Crippen molar-refractivity contribution in [3.63, 3.8) is 0 Å². The van der Waals surface area contributed by atoms with Crippen LogP contribution in [0.15, 0.2) is 66.7 Å². The highest BCUT2D eigenvalue weighted by Gasteiger charge is 2.45. The van der Waals surface area contributed by atoms with Crippen LogP contribution in [-0.4, -0.2) is 74.6 Å². The minimum Gasteiger partial charge on any atom is -0.508 e. The number of esters is 1. The topological polar surface area (TPSA) is 172 Å². The molecule has 11 heteroatoms. The van der Waals surface area contributed by atoms with Gasteiger partial charge in [-0.15, -0.1) is 0 Å². The van der Waals surface area contributed by atoms with Crippen LogP contribution in [0.25, 0.3) is 0 Å². The zero-order valence-electron chi connectivity index (χ0n) is 20.4. The van der Waals surface area contributed by atoms with E-state index in [2.05, 4.69) is 0 Å². The van der Waals surface area contributed by atoms with E-state index in [1.165, 1.54) is 18.2 Å². The predicted molar refractivity (Wildman–Crippen MR) is 133 cm³/mol. The summed E-state index contributed by atoms with van der Waals surface area (Å²) in [5.41, 5.74) is 0.873. The molecular formula is C28H26O11. The van der Waals surface area contributed by atoms with E-state index in [1.54, 1.807) is 42.5 Å². The van der Waals surface area contributed by atoms with Crippen LogP contribution in [0.2, 0.25) is 0 Å². The lowest BCUT2D eigenvalue weighted by molar-refractivity contribution is -0.277. The molecule has 3 aromatic carbocycles. The zero-order chi connectivity index (χ0) is 27.7. The second kappa shape index (κ2) is 10.9. The van der Waals surface area contributed by atoms with E-state index in [4.69, 9.17) is 18.9 Å². The molecule has 11 nitrogen and oxygen atoms in total. The molecule has 39 heavy (non-hydrogen) atoms. The highest BCUT2D eigenvalue weighted by Crippen LogP contribution is 2.42. The number of Topliss-reactive ketones (excluding diaryl/α,β-unsaturated/α-hetero) is 1. The van der Waals surface area contributed by atoms with Crippen molar-refractivity contribution in [1.82, 2.24) is 0 Å². The Balaban J connectivity index is 1.31. The molecule has 204 valence electrons. The number of aromatic hydroxyl groups is 2. The van der Waals surface area contributed by atoms with Gasteiger partial charge in [-0.25, -0.2) is 4.79 Å². The fourth-order valence-electron chi connectivity index (χ4n) is 4.46. The summed E-state index contributed by atoms with van der Waals surface area (Å²) in [5, 5.41) is 51.3. The van der Waals surface area contributed by atoms with Crippen molar-refractivity contribution < 1.29 is 54.1 Å². The predicted octanol–water partition coefficient (Wildman–Crippen LogP) is 1.85. The van der Waals surface area contributed by atoms with Crippen molar-refractivity contribution in [3.8, 4) is 23.0 Å². The largest absolute Gasteiger partial charge is 0.508 e. The Hall–Kier alpha value is -4.16. The van der Waals surface area contributed by atoms with Gasteiger partial charge in [0.1, 0.15) is 65.7 Å². The first kappa shape index (κ1) is 26.4. The highest BCUT2D eigenvalue weighted by molar-refractivity contribution is 6.02. The molecule has 6 atom stereocenters. The molecule has 0 radical (unpaired) electrons. The van der Waals surface area contributed by atoms with Gasteiger partial charge in [0.15, 0.2) is 5.78 Å². The first-order valence-electron chi connectivity index (χ1n) is 12.2. The maximum absolute atomic E-state index is 12.8. The van der Waals surface area contributed by atoms with Gasteiger partial charge in [0.25, 0.3) is 0 Å². The molecule has 2 aliphatic heterocycles.